The van der Waals surface area contributed by atoms with Gasteiger partial charge in [0.25, 0.3) is 0 Å². The third-order valence-corrected chi connectivity index (χ3v) is 2.86. The quantitative estimate of drug-likeness (QED) is 0.471. The zero-order valence-corrected chi connectivity index (χ0v) is 9.10. The Balaban J connectivity index is 2.72. The van der Waals surface area contributed by atoms with Gasteiger partial charge in [-0.15, -0.1) is 0 Å². The second-order valence-electron chi connectivity index (χ2n) is 3.69. The van der Waals surface area contributed by atoms with Crippen LogP contribution >= 0.6 is 0 Å². The summed E-state index contributed by atoms with van der Waals surface area (Å²) in [6.07, 6.45) is 2.96. The molecule has 0 radical (unpaired) electrons. The van der Waals surface area contributed by atoms with Crippen LogP contribution in [-0.2, 0) is 0 Å². The van der Waals surface area contributed by atoms with Gasteiger partial charge in [0.05, 0.1) is 2.74 Å². The molecule has 0 saturated carbocycles. The van der Waals surface area contributed by atoms with Gasteiger partial charge in [0.1, 0.15) is 35.4 Å². The molecule has 0 saturated heterocycles. The molecule has 0 bridgehead atoms. The van der Waals surface area contributed by atoms with Crippen LogP contribution in [0.5, 0.6) is 0 Å². The molecule has 2 aliphatic rings. The number of hydrogen-bond acceptors (Lipinski definition) is 4. The van der Waals surface area contributed by atoms with Crippen LogP contribution < -0.4 is 0 Å². The Kier molecular flexibility index (Phi) is 2.21. The van der Waals surface area contributed by atoms with Crippen LogP contribution in [0.25, 0.3) is 0 Å². The summed E-state index contributed by atoms with van der Waals surface area (Å²) in [6.45, 7) is 0. The standard InChI is InChI=1S/C14H6N4/c15-5-9(6-16)11-1-2-12(10(7-17)8-18)14-4-3-13(11)14/h1-4,13-14H/i3D,4D. The van der Waals surface area contributed by atoms with Crippen LogP contribution in [0, 0.1) is 57.2 Å². The van der Waals surface area contributed by atoms with Gasteiger partial charge in [-0.05, 0) is 11.1 Å². The summed E-state index contributed by atoms with van der Waals surface area (Å²) in [6, 6.07) is 7.11. The van der Waals surface area contributed by atoms with Crippen LogP contribution in [0.2, 0.25) is 0 Å². The van der Waals surface area contributed by atoms with Crippen molar-refractivity contribution >= 4 is 0 Å². The number of nitriles is 4. The number of fused-ring (bicyclic) bond motifs is 1. The van der Waals surface area contributed by atoms with E-state index in [2.05, 4.69) is 0 Å². The van der Waals surface area contributed by atoms with Crippen LogP contribution in [0.3, 0.4) is 0 Å². The molecule has 0 N–H and O–H groups in total. The first kappa shape index (κ1) is 9.00. The number of rotatable bonds is 0. The van der Waals surface area contributed by atoms with Crippen molar-refractivity contribution in [2.45, 2.75) is 0 Å². The van der Waals surface area contributed by atoms with E-state index in [-0.39, 0.29) is 23.3 Å². The lowest BCUT2D eigenvalue weighted by atomic mass is 9.67. The average molecular weight is 232 g/mol. The van der Waals surface area contributed by atoms with Crippen LogP contribution in [0.1, 0.15) is 2.74 Å². The molecule has 2 unspecified atom stereocenters. The molecule has 0 amide bonds. The lowest BCUT2D eigenvalue weighted by molar-refractivity contribution is 0.555. The van der Waals surface area contributed by atoms with Crippen LogP contribution in [-0.4, -0.2) is 0 Å². The fourth-order valence-corrected chi connectivity index (χ4v) is 1.94. The van der Waals surface area contributed by atoms with E-state index in [9.17, 15) is 0 Å². The van der Waals surface area contributed by atoms with Gasteiger partial charge < -0.3 is 0 Å². The highest BCUT2D eigenvalue weighted by Gasteiger charge is 2.35. The molecule has 4 nitrogen and oxygen atoms in total. The van der Waals surface area contributed by atoms with E-state index in [0.717, 1.165) is 0 Å². The minimum absolute atomic E-state index is 0.0186. The second-order valence-corrected chi connectivity index (χ2v) is 3.69. The summed E-state index contributed by atoms with van der Waals surface area (Å²) in [5, 5.41) is 35.7. The van der Waals surface area contributed by atoms with E-state index in [1.165, 1.54) is 12.2 Å². The van der Waals surface area contributed by atoms with Crippen molar-refractivity contribution in [3.63, 3.8) is 0 Å². The van der Waals surface area contributed by atoms with Gasteiger partial charge >= 0.3 is 0 Å². The SMILES string of the molecule is [2H]C1=C([2H])C2C(=C(C#N)C#N)C=CC(=C(C#N)C#N)C12. The molecule has 0 spiro atoms. The Labute approximate surface area is 107 Å². The molecular weight excluding hydrogens is 224 g/mol. The van der Waals surface area contributed by atoms with Gasteiger partial charge in [0.2, 0.25) is 0 Å². The molecule has 0 fully saturated rings. The largest absolute Gasteiger partial charge is 0.192 e. The van der Waals surface area contributed by atoms with Crippen molar-refractivity contribution in [1.82, 2.24) is 0 Å². The molecule has 0 aliphatic heterocycles. The van der Waals surface area contributed by atoms with Crippen molar-refractivity contribution in [3.05, 3.63) is 46.5 Å². The maximum absolute atomic E-state index is 8.92. The van der Waals surface area contributed by atoms with Gasteiger partial charge in [-0.1, -0.05) is 24.3 Å². The summed E-state index contributed by atoms with van der Waals surface area (Å²) < 4.78 is 15.6. The Morgan fingerprint density at radius 1 is 0.833 bits per heavy atom. The Morgan fingerprint density at radius 2 is 1.17 bits per heavy atom. The molecule has 0 aromatic carbocycles. The van der Waals surface area contributed by atoms with Gasteiger partial charge in [-0.2, -0.15) is 21.0 Å². The highest BCUT2D eigenvalue weighted by atomic mass is 14.4. The normalized spacial score (nSPS) is 25.3. The topological polar surface area (TPSA) is 95.2 Å². The van der Waals surface area contributed by atoms with E-state index < -0.39 is 11.8 Å². The highest BCUT2D eigenvalue weighted by Crippen LogP contribution is 2.43. The number of hydrogen-bond donors (Lipinski definition) is 0. The van der Waals surface area contributed by atoms with E-state index in [1.54, 1.807) is 24.3 Å². The van der Waals surface area contributed by atoms with Crippen molar-refractivity contribution < 1.29 is 2.74 Å². The first-order chi connectivity index (χ1) is 9.60. The molecule has 4 heteroatoms. The summed E-state index contributed by atoms with van der Waals surface area (Å²) in [5.74, 6) is -1.18. The fraction of sp³-hybridized carbons (Fsp3) is 0.143. The predicted octanol–water partition coefficient (Wildman–Crippen LogP) is 2.05. The van der Waals surface area contributed by atoms with E-state index in [1.807, 2.05) is 0 Å². The number of nitrogens with zero attached hydrogens (tertiary/aromatic N) is 4. The third kappa shape index (κ3) is 1.51. The maximum atomic E-state index is 8.92. The van der Waals surface area contributed by atoms with E-state index >= 15 is 0 Å². The van der Waals surface area contributed by atoms with Crippen molar-refractivity contribution in [2.75, 3.05) is 0 Å². The van der Waals surface area contributed by atoms with Crippen LogP contribution in [0.4, 0.5) is 0 Å². The minimum atomic E-state index is -0.589. The van der Waals surface area contributed by atoms with Crippen LogP contribution in [0.15, 0.2) is 46.5 Å². The molecule has 0 aromatic heterocycles. The Hall–Kier alpha value is -3.08. The molecule has 18 heavy (non-hydrogen) atoms. The Morgan fingerprint density at radius 3 is 1.44 bits per heavy atom. The molecule has 82 valence electrons. The predicted molar refractivity (Wildman–Crippen MR) is 61.8 cm³/mol. The summed E-state index contributed by atoms with van der Waals surface area (Å²) in [5.41, 5.74) is 0.533. The summed E-state index contributed by atoms with van der Waals surface area (Å²) >= 11 is 0. The maximum Gasteiger partial charge on any atom is 0.133 e. The first-order valence-electron chi connectivity index (χ1n) is 6.04. The summed E-state index contributed by atoms with van der Waals surface area (Å²) in [4.78, 5) is 0. The van der Waals surface area contributed by atoms with Gasteiger partial charge in [0, 0.05) is 11.8 Å². The third-order valence-electron chi connectivity index (χ3n) is 2.86. The molecule has 2 aliphatic carbocycles. The zero-order chi connectivity index (χ0) is 14.9. The highest BCUT2D eigenvalue weighted by molar-refractivity contribution is 5.59. The smallest absolute Gasteiger partial charge is 0.133 e. The zero-order valence-electron chi connectivity index (χ0n) is 11.1. The van der Waals surface area contributed by atoms with Gasteiger partial charge in [0.15, 0.2) is 0 Å². The first-order valence-corrected chi connectivity index (χ1v) is 5.04. The minimum Gasteiger partial charge on any atom is -0.192 e. The number of allylic oxidation sites excluding steroid dienone is 8. The second kappa shape index (κ2) is 4.42. The molecular formula is C14H6N4. The molecule has 2 rings (SSSR count). The van der Waals surface area contributed by atoms with Gasteiger partial charge in [-0.25, -0.2) is 0 Å². The van der Waals surface area contributed by atoms with Gasteiger partial charge in [-0.3, -0.25) is 0 Å². The Bertz CT molecular complexity index is 687. The van der Waals surface area contributed by atoms with Crippen molar-refractivity contribution in [1.29, 1.82) is 21.0 Å². The molecule has 2 atom stereocenters. The summed E-state index contributed by atoms with van der Waals surface area (Å²) in [7, 11) is 0. The molecule has 0 aromatic rings. The average Bonchev–Trinajstić information content (AvgIpc) is 2.49. The fourth-order valence-electron chi connectivity index (χ4n) is 1.94. The monoisotopic (exact) mass is 232 g/mol. The van der Waals surface area contributed by atoms with E-state index in [4.69, 9.17) is 23.8 Å². The van der Waals surface area contributed by atoms with Crippen molar-refractivity contribution in [3.8, 4) is 24.3 Å². The lowest BCUT2D eigenvalue weighted by Gasteiger charge is -2.34. The van der Waals surface area contributed by atoms with Crippen molar-refractivity contribution in [2.24, 2.45) is 11.8 Å². The van der Waals surface area contributed by atoms with E-state index in [0.29, 0.717) is 11.1 Å². The molecule has 0 heterocycles. The lowest BCUT2D eigenvalue weighted by Crippen LogP contribution is -2.26.